The molecule has 3 aromatic rings. The molecule has 0 fully saturated rings. The van der Waals surface area contributed by atoms with Gasteiger partial charge in [-0.05, 0) is 48.9 Å². The molecule has 1 aromatic heterocycles. The maximum Gasteiger partial charge on any atom is 0.224 e. The van der Waals surface area contributed by atoms with E-state index in [-0.39, 0.29) is 5.91 Å². The minimum Gasteiger partial charge on any atom is -0.362 e. The van der Waals surface area contributed by atoms with E-state index in [1.807, 2.05) is 38.1 Å². The van der Waals surface area contributed by atoms with Crippen LogP contribution in [0.3, 0.4) is 0 Å². The van der Waals surface area contributed by atoms with E-state index in [0.717, 1.165) is 53.4 Å². The molecule has 0 unspecified atom stereocenters. The van der Waals surface area contributed by atoms with E-state index in [4.69, 9.17) is 16.6 Å². The van der Waals surface area contributed by atoms with Gasteiger partial charge in [-0.15, -0.1) is 0 Å². The fourth-order valence-corrected chi connectivity index (χ4v) is 3.60. The number of imidazole rings is 1. The summed E-state index contributed by atoms with van der Waals surface area (Å²) in [6.07, 6.45) is 0.480. The quantitative estimate of drug-likeness (QED) is 0.747. The molecule has 1 aliphatic rings. The number of aryl methyl sites for hydroxylation is 1. The number of aromatic nitrogens is 2. The number of benzene rings is 2. The number of carbonyl (C=O) groups excluding carboxylic acids is 1. The zero-order valence-corrected chi connectivity index (χ0v) is 15.7. The average Bonchev–Trinajstić information content (AvgIpc) is 2.99. The van der Waals surface area contributed by atoms with E-state index in [1.165, 1.54) is 0 Å². The van der Waals surface area contributed by atoms with Crippen LogP contribution in [0.15, 0.2) is 36.4 Å². The Bertz CT molecular complexity index is 995. The van der Waals surface area contributed by atoms with Gasteiger partial charge in [-0.3, -0.25) is 4.79 Å². The Morgan fingerprint density at radius 3 is 2.85 bits per heavy atom. The molecule has 0 saturated heterocycles. The van der Waals surface area contributed by atoms with Crippen LogP contribution in [0.2, 0.25) is 5.02 Å². The molecule has 4 rings (SSSR count). The SMILES string of the molecule is CCC(=O)Nc1ccc(N2CCn3c(nc4cc(Cl)ccc43)C2)cc1C. The number of halogens is 1. The Morgan fingerprint density at radius 2 is 2.08 bits per heavy atom. The highest BCUT2D eigenvalue weighted by molar-refractivity contribution is 6.31. The number of anilines is 2. The van der Waals surface area contributed by atoms with E-state index in [9.17, 15) is 4.79 Å². The lowest BCUT2D eigenvalue weighted by atomic mass is 10.1. The van der Waals surface area contributed by atoms with Crippen molar-refractivity contribution < 1.29 is 4.79 Å². The number of fused-ring (bicyclic) bond motifs is 3. The van der Waals surface area contributed by atoms with Gasteiger partial charge in [0.15, 0.2) is 0 Å². The van der Waals surface area contributed by atoms with Crippen molar-refractivity contribution in [3.63, 3.8) is 0 Å². The van der Waals surface area contributed by atoms with Crippen molar-refractivity contribution in [2.75, 3.05) is 16.8 Å². The van der Waals surface area contributed by atoms with Crippen molar-refractivity contribution in [3.05, 3.63) is 52.8 Å². The molecule has 0 saturated carbocycles. The molecule has 5 nitrogen and oxygen atoms in total. The lowest BCUT2D eigenvalue weighted by Gasteiger charge is -2.30. The molecule has 1 aliphatic heterocycles. The third-order valence-electron chi connectivity index (χ3n) is 4.89. The third kappa shape index (κ3) is 3.03. The molecule has 0 radical (unpaired) electrons. The number of hydrogen-bond acceptors (Lipinski definition) is 3. The van der Waals surface area contributed by atoms with Crippen LogP contribution in [-0.2, 0) is 17.9 Å². The summed E-state index contributed by atoms with van der Waals surface area (Å²) in [5.41, 5.74) is 5.17. The van der Waals surface area contributed by atoms with E-state index >= 15 is 0 Å². The summed E-state index contributed by atoms with van der Waals surface area (Å²) in [6.45, 7) is 6.44. The van der Waals surface area contributed by atoms with Gasteiger partial charge in [0, 0.05) is 35.9 Å². The van der Waals surface area contributed by atoms with Gasteiger partial charge < -0.3 is 14.8 Å². The number of amides is 1. The average molecular weight is 369 g/mol. The molecule has 0 atom stereocenters. The van der Waals surface area contributed by atoms with Gasteiger partial charge >= 0.3 is 0 Å². The first kappa shape index (κ1) is 16.9. The highest BCUT2D eigenvalue weighted by Crippen LogP contribution is 2.28. The standard InChI is InChI=1S/C20H21ClN4O/c1-3-20(26)23-16-6-5-15(10-13(16)2)24-8-9-25-18-7-4-14(21)11-17(18)22-19(25)12-24/h4-7,10-11H,3,8-9,12H2,1-2H3,(H,23,26). The van der Waals surface area contributed by atoms with Crippen LogP contribution in [0.5, 0.6) is 0 Å². The summed E-state index contributed by atoms with van der Waals surface area (Å²) in [6, 6.07) is 12.0. The fraction of sp³-hybridized carbons (Fsp3) is 0.300. The molecule has 1 amide bonds. The first-order valence-electron chi connectivity index (χ1n) is 8.85. The highest BCUT2D eigenvalue weighted by atomic mass is 35.5. The van der Waals surface area contributed by atoms with Gasteiger partial charge in [-0.25, -0.2) is 4.98 Å². The molecule has 26 heavy (non-hydrogen) atoms. The van der Waals surface area contributed by atoms with E-state index in [1.54, 1.807) is 0 Å². The second-order valence-electron chi connectivity index (χ2n) is 6.64. The largest absolute Gasteiger partial charge is 0.362 e. The van der Waals surface area contributed by atoms with Gasteiger partial charge in [-0.2, -0.15) is 0 Å². The normalized spacial score (nSPS) is 13.7. The Balaban J connectivity index is 1.60. The molecule has 0 spiro atoms. The summed E-state index contributed by atoms with van der Waals surface area (Å²) < 4.78 is 2.27. The summed E-state index contributed by atoms with van der Waals surface area (Å²) >= 11 is 6.10. The lowest BCUT2D eigenvalue weighted by molar-refractivity contribution is -0.115. The number of nitrogens with one attached hydrogen (secondary N) is 1. The van der Waals surface area contributed by atoms with Crippen LogP contribution in [0.1, 0.15) is 24.7 Å². The molecule has 2 heterocycles. The zero-order valence-electron chi connectivity index (χ0n) is 14.9. The van der Waals surface area contributed by atoms with Crippen molar-refractivity contribution in [2.24, 2.45) is 0 Å². The Hall–Kier alpha value is -2.53. The first-order valence-corrected chi connectivity index (χ1v) is 9.23. The van der Waals surface area contributed by atoms with Gasteiger partial charge in [-0.1, -0.05) is 18.5 Å². The van der Waals surface area contributed by atoms with Gasteiger partial charge in [0.05, 0.1) is 17.6 Å². The molecule has 1 N–H and O–H groups in total. The van der Waals surface area contributed by atoms with Crippen molar-refractivity contribution >= 4 is 39.9 Å². The maximum absolute atomic E-state index is 11.6. The van der Waals surface area contributed by atoms with Crippen molar-refractivity contribution in [1.82, 2.24) is 9.55 Å². The van der Waals surface area contributed by atoms with Crippen LogP contribution in [0.25, 0.3) is 11.0 Å². The molecule has 2 aromatic carbocycles. The molecule has 0 bridgehead atoms. The Morgan fingerprint density at radius 1 is 1.23 bits per heavy atom. The number of hydrogen-bond donors (Lipinski definition) is 1. The Labute approximate surface area is 157 Å². The Kier molecular flexibility index (Phi) is 4.32. The van der Waals surface area contributed by atoms with E-state index < -0.39 is 0 Å². The van der Waals surface area contributed by atoms with Crippen molar-refractivity contribution in [1.29, 1.82) is 0 Å². The predicted octanol–water partition coefficient (Wildman–Crippen LogP) is 4.37. The summed E-state index contributed by atoms with van der Waals surface area (Å²) in [5, 5.41) is 3.66. The summed E-state index contributed by atoms with van der Waals surface area (Å²) in [7, 11) is 0. The maximum atomic E-state index is 11.6. The molecule has 6 heteroatoms. The second-order valence-corrected chi connectivity index (χ2v) is 7.07. The molecular formula is C20H21ClN4O. The van der Waals surface area contributed by atoms with Gasteiger partial charge in [0.1, 0.15) is 5.82 Å². The van der Waals surface area contributed by atoms with E-state index in [0.29, 0.717) is 11.4 Å². The smallest absolute Gasteiger partial charge is 0.224 e. The number of carbonyl (C=O) groups is 1. The van der Waals surface area contributed by atoms with Crippen molar-refractivity contribution in [3.8, 4) is 0 Å². The van der Waals surface area contributed by atoms with Crippen LogP contribution in [0, 0.1) is 6.92 Å². The minimum absolute atomic E-state index is 0.0335. The van der Waals surface area contributed by atoms with Crippen LogP contribution in [0.4, 0.5) is 11.4 Å². The lowest BCUT2D eigenvalue weighted by Crippen LogP contribution is -2.33. The van der Waals surface area contributed by atoms with Gasteiger partial charge in [0.2, 0.25) is 5.91 Å². The topological polar surface area (TPSA) is 50.2 Å². The monoisotopic (exact) mass is 368 g/mol. The van der Waals surface area contributed by atoms with Crippen molar-refractivity contribution in [2.45, 2.75) is 33.4 Å². The van der Waals surface area contributed by atoms with Crippen LogP contribution >= 0.6 is 11.6 Å². The predicted molar refractivity (Wildman–Crippen MR) is 106 cm³/mol. The first-order chi connectivity index (χ1) is 12.5. The fourth-order valence-electron chi connectivity index (χ4n) is 3.44. The third-order valence-corrected chi connectivity index (χ3v) is 5.12. The molecular weight excluding hydrogens is 348 g/mol. The number of rotatable bonds is 3. The summed E-state index contributed by atoms with van der Waals surface area (Å²) in [5.74, 6) is 1.08. The van der Waals surface area contributed by atoms with Crippen LogP contribution < -0.4 is 10.2 Å². The number of nitrogens with zero attached hydrogens (tertiary/aromatic N) is 3. The van der Waals surface area contributed by atoms with Crippen LogP contribution in [-0.4, -0.2) is 22.0 Å². The molecule has 0 aliphatic carbocycles. The highest BCUT2D eigenvalue weighted by Gasteiger charge is 2.21. The zero-order chi connectivity index (χ0) is 18.3. The second kappa shape index (κ2) is 6.65. The molecule has 134 valence electrons. The summed E-state index contributed by atoms with van der Waals surface area (Å²) in [4.78, 5) is 18.7. The van der Waals surface area contributed by atoms with Gasteiger partial charge in [0.25, 0.3) is 0 Å². The van der Waals surface area contributed by atoms with E-state index in [2.05, 4.69) is 26.9 Å². The minimum atomic E-state index is 0.0335.